The van der Waals surface area contributed by atoms with Gasteiger partial charge in [-0.25, -0.2) is 0 Å². The molecular formula is C18H17N5O2S2. The minimum absolute atomic E-state index is 0.0530. The lowest BCUT2D eigenvalue weighted by atomic mass is 10.1. The van der Waals surface area contributed by atoms with E-state index in [4.69, 9.17) is 8.94 Å². The summed E-state index contributed by atoms with van der Waals surface area (Å²) >= 11 is 3.02. The molecule has 0 bridgehead atoms. The standard InChI is InChI=1S/C18H17N5O2S2/c1-10-6-4-7-13(11(10)2)19-17-21-22-18(27-17)26-12(3)16-20-15(23-25-16)14-8-5-9-24-14/h4-9,12H,1-3H3,(H,19,21)/t12-/m0/s1. The lowest BCUT2D eigenvalue weighted by Crippen LogP contribution is -1.94. The van der Waals surface area contributed by atoms with Gasteiger partial charge in [0, 0.05) is 5.69 Å². The minimum atomic E-state index is -0.0530. The van der Waals surface area contributed by atoms with Crippen LogP contribution in [0.25, 0.3) is 11.6 Å². The topological polar surface area (TPSA) is 89.9 Å². The van der Waals surface area contributed by atoms with Gasteiger partial charge in [-0.05, 0) is 50.1 Å². The second-order valence-corrected chi connectivity index (χ2v) is 8.50. The average molecular weight is 400 g/mol. The van der Waals surface area contributed by atoms with Gasteiger partial charge in [0.05, 0.1) is 11.5 Å². The fourth-order valence-electron chi connectivity index (χ4n) is 2.42. The van der Waals surface area contributed by atoms with Crippen LogP contribution in [-0.2, 0) is 0 Å². The molecule has 1 N–H and O–H groups in total. The predicted molar refractivity (Wildman–Crippen MR) is 105 cm³/mol. The molecule has 0 aliphatic rings. The third-order valence-electron chi connectivity index (χ3n) is 4.06. The van der Waals surface area contributed by atoms with Gasteiger partial charge in [-0.1, -0.05) is 40.4 Å². The van der Waals surface area contributed by atoms with Gasteiger partial charge in [-0.3, -0.25) is 0 Å². The zero-order valence-electron chi connectivity index (χ0n) is 15.0. The highest BCUT2D eigenvalue weighted by Crippen LogP contribution is 2.38. The van der Waals surface area contributed by atoms with E-state index >= 15 is 0 Å². The number of nitrogens with one attached hydrogen (secondary N) is 1. The molecule has 0 unspecified atom stereocenters. The number of rotatable bonds is 6. The first-order valence-electron chi connectivity index (χ1n) is 8.31. The molecule has 1 aromatic carbocycles. The van der Waals surface area contributed by atoms with Gasteiger partial charge in [0.1, 0.15) is 0 Å². The second kappa shape index (κ2) is 7.53. The summed E-state index contributed by atoms with van der Waals surface area (Å²) in [5, 5.41) is 16.5. The lowest BCUT2D eigenvalue weighted by molar-refractivity contribution is 0.379. The average Bonchev–Trinajstić information content (AvgIpc) is 3.39. The van der Waals surface area contributed by atoms with Gasteiger partial charge in [0.25, 0.3) is 0 Å². The van der Waals surface area contributed by atoms with Crippen molar-refractivity contribution in [1.82, 2.24) is 20.3 Å². The smallest absolute Gasteiger partial charge is 0.240 e. The maximum absolute atomic E-state index is 5.35. The first-order valence-corrected chi connectivity index (χ1v) is 10.0. The lowest BCUT2D eigenvalue weighted by Gasteiger charge is -2.08. The summed E-state index contributed by atoms with van der Waals surface area (Å²) in [6.07, 6.45) is 1.58. The van der Waals surface area contributed by atoms with E-state index < -0.39 is 0 Å². The van der Waals surface area contributed by atoms with E-state index in [0.29, 0.717) is 17.5 Å². The maximum Gasteiger partial charge on any atom is 0.240 e. The van der Waals surface area contributed by atoms with Crippen LogP contribution in [0.3, 0.4) is 0 Å². The Bertz CT molecular complexity index is 1040. The summed E-state index contributed by atoms with van der Waals surface area (Å²) < 4.78 is 11.5. The van der Waals surface area contributed by atoms with Crippen LogP contribution in [0.2, 0.25) is 0 Å². The quantitative estimate of drug-likeness (QED) is 0.431. The van der Waals surface area contributed by atoms with Crippen LogP contribution < -0.4 is 5.32 Å². The normalized spacial score (nSPS) is 12.3. The number of furan rings is 1. The number of hydrogen-bond acceptors (Lipinski definition) is 9. The van der Waals surface area contributed by atoms with E-state index in [0.717, 1.165) is 15.2 Å². The van der Waals surface area contributed by atoms with Gasteiger partial charge < -0.3 is 14.3 Å². The number of anilines is 2. The summed E-state index contributed by atoms with van der Waals surface area (Å²) in [5.74, 6) is 1.54. The molecule has 0 radical (unpaired) electrons. The molecule has 3 aromatic heterocycles. The molecule has 4 rings (SSSR count). The summed E-state index contributed by atoms with van der Waals surface area (Å²) in [4.78, 5) is 4.39. The number of aromatic nitrogens is 4. The molecule has 0 saturated carbocycles. The fraction of sp³-hybridized carbons (Fsp3) is 0.222. The van der Waals surface area contributed by atoms with E-state index in [1.807, 2.05) is 19.1 Å². The molecule has 7 nitrogen and oxygen atoms in total. The molecule has 0 fully saturated rings. The molecule has 0 aliphatic carbocycles. The Hall–Kier alpha value is -2.65. The molecule has 1 atom stereocenters. The highest BCUT2D eigenvalue weighted by atomic mass is 32.2. The molecule has 3 heterocycles. The Balaban J connectivity index is 1.44. The van der Waals surface area contributed by atoms with Gasteiger partial charge in [-0.2, -0.15) is 4.98 Å². The first kappa shape index (κ1) is 17.7. The summed E-state index contributed by atoms with van der Waals surface area (Å²) in [5.41, 5.74) is 3.47. The van der Waals surface area contributed by atoms with Crippen molar-refractivity contribution in [1.29, 1.82) is 0 Å². The van der Waals surface area contributed by atoms with Crippen LogP contribution in [0.5, 0.6) is 0 Å². The Morgan fingerprint density at radius 3 is 2.85 bits per heavy atom. The first-order chi connectivity index (χ1) is 13.1. The zero-order chi connectivity index (χ0) is 18.8. The molecule has 0 amide bonds. The predicted octanol–water partition coefficient (Wildman–Crippen LogP) is 5.39. The highest BCUT2D eigenvalue weighted by Gasteiger charge is 2.19. The Morgan fingerprint density at radius 2 is 2.04 bits per heavy atom. The minimum Gasteiger partial charge on any atom is -0.461 e. The van der Waals surface area contributed by atoms with Crippen molar-refractivity contribution in [2.24, 2.45) is 0 Å². The molecule has 138 valence electrons. The molecule has 0 saturated heterocycles. The number of hydrogen-bond donors (Lipinski definition) is 1. The van der Waals surface area contributed by atoms with Gasteiger partial charge in [0.2, 0.25) is 16.8 Å². The van der Waals surface area contributed by atoms with E-state index in [2.05, 4.69) is 45.6 Å². The molecule has 9 heteroatoms. The molecule has 0 spiro atoms. The van der Waals surface area contributed by atoms with Crippen molar-refractivity contribution in [2.75, 3.05) is 5.32 Å². The van der Waals surface area contributed by atoms with Crippen molar-refractivity contribution in [3.05, 3.63) is 53.6 Å². The molecule has 4 aromatic rings. The Kier molecular flexibility index (Phi) is 4.95. The fourth-order valence-corrected chi connectivity index (χ4v) is 4.36. The number of thioether (sulfide) groups is 1. The van der Waals surface area contributed by atoms with Crippen LogP contribution >= 0.6 is 23.1 Å². The van der Waals surface area contributed by atoms with Crippen LogP contribution in [0.15, 0.2) is 49.9 Å². The highest BCUT2D eigenvalue weighted by molar-refractivity contribution is 8.01. The third kappa shape index (κ3) is 3.88. The second-order valence-electron chi connectivity index (χ2n) is 5.94. The van der Waals surface area contributed by atoms with Crippen LogP contribution in [0.4, 0.5) is 10.8 Å². The van der Waals surface area contributed by atoms with Crippen LogP contribution in [-0.4, -0.2) is 20.3 Å². The van der Waals surface area contributed by atoms with Crippen LogP contribution in [0.1, 0.15) is 29.2 Å². The third-order valence-corrected chi connectivity index (χ3v) is 6.07. The molecular weight excluding hydrogens is 382 g/mol. The summed E-state index contributed by atoms with van der Waals surface area (Å²) in [6, 6.07) is 9.73. The van der Waals surface area contributed by atoms with E-state index in [9.17, 15) is 0 Å². The number of nitrogens with zero attached hydrogens (tertiary/aromatic N) is 4. The van der Waals surface area contributed by atoms with Crippen molar-refractivity contribution >= 4 is 33.9 Å². The molecule has 27 heavy (non-hydrogen) atoms. The van der Waals surface area contributed by atoms with E-state index in [-0.39, 0.29) is 5.25 Å². The monoisotopic (exact) mass is 399 g/mol. The number of aryl methyl sites for hydroxylation is 1. The SMILES string of the molecule is Cc1cccc(Nc2nnc(S[C@@H](C)c3nc(-c4ccco4)no3)s2)c1C. The maximum atomic E-state index is 5.35. The summed E-state index contributed by atoms with van der Waals surface area (Å²) in [6.45, 7) is 6.16. The van der Waals surface area contributed by atoms with Crippen molar-refractivity contribution in [3.63, 3.8) is 0 Å². The largest absolute Gasteiger partial charge is 0.461 e. The molecule has 0 aliphatic heterocycles. The van der Waals surface area contributed by atoms with Crippen LogP contribution in [0, 0.1) is 13.8 Å². The van der Waals surface area contributed by atoms with Crippen molar-refractivity contribution in [2.45, 2.75) is 30.4 Å². The zero-order valence-corrected chi connectivity index (χ0v) is 16.6. The van der Waals surface area contributed by atoms with Crippen molar-refractivity contribution in [3.8, 4) is 11.6 Å². The summed E-state index contributed by atoms with van der Waals surface area (Å²) in [7, 11) is 0. The van der Waals surface area contributed by atoms with Gasteiger partial charge >= 0.3 is 0 Å². The Labute approximate surface area is 164 Å². The number of benzene rings is 1. The van der Waals surface area contributed by atoms with Crippen molar-refractivity contribution < 1.29 is 8.94 Å². The van der Waals surface area contributed by atoms with E-state index in [1.54, 1.807) is 18.4 Å². The van der Waals surface area contributed by atoms with Gasteiger partial charge in [-0.15, -0.1) is 10.2 Å². The van der Waals surface area contributed by atoms with Gasteiger partial charge in [0.15, 0.2) is 10.1 Å². The van der Waals surface area contributed by atoms with E-state index in [1.165, 1.54) is 34.2 Å². The Morgan fingerprint density at radius 1 is 1.15 bits per heavy atom.